The highest BCUT2D eigenvalue weighted by Gasteiger charge is 2.12. The summed E-state index contributed by atoms with van der Waals surface area (Å²) in [6.45, 7) is 2.70. The van der Waals surface area contributed by atoms with Crippen LogP contribution in [0.4, 0.5) is 5.82 Å². The highest BCUT2D eigenvalue weighted by atomic mass is 16.5. The highest BCUT2D eigenvalue weighted by molar-refractivity contribution is 5.92. The standard InChI is InChI=1S/C10H15N3O4/c1-2-17-5-7(14)3-12-9-8(10(15)16)4-11-6-13-9/h4,6-7,14H,2-3,5H2,1H3,(H,15,16)(H,11,12,13). The molecule has 1 aromatic heterocycles. The summed E-state index contributed by atoms with van der Waals surface area (Å²) in [4.78, 5) is 18.3. The maximum Gasteiger partial charge on any atom is 0.341 e. The Morgan fingerprint density at radius 3 is 3.06 bits per heavy atom. The molecule has 94 valence electrons. The molecule has 1 atom stereocenters. The van der Waals surface area contributed by atoms with E-state index in [1.54, 1.807) is 0 Å². The predicted molar refractivity (Wildman–Crippen MR) is 60.0 cm³/mol. The molecule has 7 nitrogen and oxygen atoms in total. The molecule has 3 N–H and O–H groups in total. The lowest BCUT2D eigenvalue weighted by Crippen LogP contribution is -2.26. The van der Waals surface area contributed by atoms with Crippen molar-refractivity contribution in [3.63, 3.8) is 0 Å². The van der Waals surface area contributed by atoms with E-state index in [-0.39, 0.29) is 24.5 Å². The van der Waals surface area contributed by atoms with Crippen LogP contribution < -0.4 is 5.32 Å². The molecule has 0 aliphatic carbocycles. The fourth-order valence-corrected chi connectivity index (χ4v) is 1.15. The van der Waals surface area contributed by atoms with Crippen LogP contribution in [0.25, 0.3) is 0 Å². The molecular formula is C10H15N3O4. The van der Waals surface area contributed by atoms with E-state index in [2.05, 4.69) is 15.3 Å². The number of ether oxygens (including phenoxy) is 1. The summed E-state index contributed by atoms with van der Waals surface area (Å²) < 4.78 is 5.02. The van der Waals surface area contributed by atoms with Crippen molar-refractivity contribution in [1.29, 1.82) is 0 Å². The number of carbonyl (C=O) groups is 1. The Hall–Kier alpha value is -1.73. The number of hydrogen-bond acceptors (Lipinski definition) is 6. The first-order valence-electron chi connectivity index (χ1n) is 5.18. The largest absolute Gasteiger partial charge is 0.477 e. The summed E-state index contributed by atoms with van der Waals surface area (Å²) >= 11 is 0. The van der Waals surface area contributed by atoms with E-state index in [9.17, 15) is 9.90 Å². The molecular weight excluding hydrogens is 226 g/mol. The van der Waals surface area contributed by atoms with Gasteiger partial charge in [-0.3, -0.25) is 0 Å². The van der Waals surface area contributed by atoms with Gasteiger partial charge in [-0.05, 0) is 6.92 Å². The van der Waals surface area contributed by atoms with Crippen molar-refractivity contribution in [1.82, 2.24) is 9.97 Å². The van der Waals surface area contributed by atoms with Crippen LogP contribution in [0.5, 0.6) is 0 Å². The van der Waals surface area contributed by atoms with Crippen molar-refractivity contribution >= 4 is 11.8 Å². The molecule has 0 saturated heterocycles. The fraction of sp³-hybridized carbons (Fsp3) is 0.500. The van der Waals surface area contributed by atoms with E-state index < -0.39 is 12.1 Å². The number of nitrogens with one attached hydrogen (secondary N) is 1. The van der Waals surface area contributed by atoms with Crippen molar-refractivity contribution in [2.24, 2.45) is 0 Å². The van der Waals surface area contributed by atoms with Crippen molar-refractivity contribution in [2.45, 2.75) is 13.0 Å². The zero-order chi connectivity index (χ0) is 12.7. The Morgan fingerprint density at radius 2 is 2.41 bits per heavy atom. The summed E-state index contributed by atoms with van der Waals surface area (Å²) in [5, 5.41) is 21.1. The van der Waals surface area contributed by atoms with Gasteiger partial charge in [-0.2, -0.15) is 0 Å². The number of rotatable bonds is 7. The number of carboxylic acid groups (broad SMARTS) is 1. The van der Waals surface area contributed by atoms with Gasteiger partial charge in [0, 0.05) is 19.3 Å². The first-order chi connectivity index (χ1) is 8.15. The van der Waals surface area contributed by atoms with Crippen LogP contribution in [0.15, 0.2) is 12.5 Å². The smallest absolute Gasteiger partial charge is 0.341 e. The van der Waals surface area contributed by atoms with E-state index in [0.29, 0.717) is 6.61 Å². The number of hydrogen-bond donors (Lipinski definition) is 3. The molecule has 0 spiro atoms. The molecule has 0 aliphatic rings. The third-order valence-electron chi connectivity index (χ3n) is 1.96. The maximum absolute atomic E-state index is 10.8. The lowest BCUT2D eigenvalue weighted by molar-refractivity contribution is 0.0495. The van der Waals surface area contributed by atoms with Gasteiger partial charge in [-0.15, -0.1) is 0 Å². The summed E-state index contributed by atoms with van der Waals surface area (Å²) in [7, 11) is 0. The summed E-state index contributed by atoms with van der Waals surface area (Å²) in [5.41, 5.74) is -0.0314. The highest BCUT2D eigenvalue weighted by Crippen LogP contribution is 2.09. The van der Waals surface area contributed by atoms with Gasteiger partial charge < -0.3 is 20.3 Å². The number of aromatic nitrogens is 2. The Kier molecular flexibility index (Phi) is 5.31. The van der Waals surface area contributed by atoms with Crippen LogP contribution in [0.1, 0.15) is 17.3 Å². The zero-order valence-electron chi connectivity index (χ0n) is 9.46. The molecule has 17 heavy (non-hydrogen) atoms. The molecule has 1 unspecified atom stereocenters. The molecule has 0 radical (unpaired) electrons. The van der Waals surface area contributed by atoms with Crippen LogP contribution in [0.3, 0.4) is 0 Å². The van der Waals surface area contributed by atoms with E-state index in [1.165, 1.54) is 12.5 Å². The third-order valence-corrected chi connectivity index (χ3v) is 1.96. The van der Waals surface area contributed by atoms with Gasteiger partial charge in [0.25, 0.3) is 0 Å². The second-order valence-electron chi connectivity index (χ2n) is 3.28. The Bertz CT molecular complexity index is 372. The molecule has 0 bridgehead atoms. The van der Waals surface area contributed by atoms with Crippen LogP contribution >= 0.6 is 0 Å². The van der Waals surface area contributed by atoms with Gasteiger partial charge in [0.05, 0.1) is 12.7 Å². The van der Waals surface area contributed by atoms with E-state index >= 15 is 0 Å². The van der Waals surface area contributed by atoms with Crippen molar-refractivity contribution in [3.8, 4) is 0 Å². The first kappa shape index (κ1) is 13.3. The SMILES string of the molecule is CCOCC(O)CNc1ncncc1C(=O)O. The maximum atomic E-state index is 10.8. The molecule has 0 aliphatic heterocycles. The quantitative estimate of drug-likeness (QED) is 0.616. The third kappa shape index (κ3) is 4.33. The van der Waals surface area contributed by atoms with E-state index in [4.69, 9.17) is 9.84 Å². The van der Waals surface area contributed by atoms with E-state index in [0.717, 1.165) is 0 Å². The molecule has 0 aromatic carbocycles. The Morgan fingerprint density at radius 1 is 1.65 bits per heavy atom. The van der Waals surface area contributed by atoms with Gasteiger partial charge in [0.1, 0.15) is 17.7 Å². The number of aromatic carboxylic acids is 1. The lowest BCUT2D eigenvalue weighted by atomic mass is 10.3. The number of anilines is 1. The average Bonchev–Trinajstić information content (AvgIpc) is 2.34. The zero-order valence-corrected chi connectivity index (χ0v) is 9.46. The number of aliphatic hydroxyl groups excluding tert-OH is 1. The number of carboxylic acids is 1. The molecule has 0 amide bonds. The second-order valence-corrected chi connectivity index (χ2v) is 3.28. The predicted octanol–water partition coefficient (Wildman–Crippen LogP) is -0.0159. The van der Waals surface area contributed by atoms with Crippen molar-refractivity contribution in [3.05, 3.63) is 18.1 Å². The second kappa shape index (κ2) is 6.77. The van der Waals surface area contributed by atoms with Crippen LogP contribution in [-0.4, -0.2) is 52.0 Å². The summed E-state index contributed by atoms with van der Waals surface area (Å²) in [6, 6.07) is 0. The van der Waals surface area contributed by atoms with Gasteiger partial charge in [-0.25, -0.2) is 14.8 Å². The molecule has 1 heterocycles. The molecule has 0 saturated carbocycles. The Labute approximate surface area is 98.5 Å². The molecule has 0 fully saturated rings. The number of nitrogens with zero attached hydrogens (tertiary/aromatic N) is 2. The molecule has 7 heteroatoms. The minimum Gasteiger partial charge on any atom is -0.477 e. The van der Waals surface area contributed by atoms with Gasteiger partial charge >= 0.3 is 5.97 Å². The van der Waals surface area contributed by atoms with Crippen molar-refractivity contribution in [2.75, 3.05) is 25.1 Å². The van der Waals surface area contributed by atoms with Crippen molar-refractivity contribution < 1.29 is 19.7 Å². The van der Waals surface area contributed by atoms with Gasteiger partial charge in [0.15, 0.2) is 0 Å². The number of aliphatic hydroxyl groups is 1. The van der Waals surface area contributed by atoms with Gasteiger partial charge in [-0.1, -0.05) is 0 Å². The molecule has 1 rings (SSSR count). The van der Waals surface area contributed by atoms with Crippen LogP contribution in [0.2, 0.25) is 0 Å². The van der Waals surface area contributed by atoms with Gasteiger partial charge in [0.2, 0.25) is 0 Å². The Balaban J connectivity index is 2.54. The van der Waals surface area contributed by atoms with Crippen LogP contribution in [-0.2, 0) is 4.74 Å². The topological polar surface area (TPSA) is 105 Å². The normalized spacial score (nSPS) is 12.1. The fourth-order valence-electron chi connectivity index (χ4n) is 1.15. The average molecular weight is 241 g/mol. The minimum atomic E-state index is -1.12. The summed E-state index contributed by atoms with van der Waals surface area (Å²) in [6.07, 6.45) is 1.72. The van der Waals surface area contributed by atoms with E-state index in [1.807, 2.05) is 6.92 Å². The van der Waals surface area contributed by atoms with Crippen LogP contribution in [0, 0.1) is 0 Å². The minimum absolute atomic E-state index is 0.0314. The lowest BCUT2D eigenvalue weighted by Gasteiger charge is -2.12. The molecule has 1 aromatic rings. The first-order valence-corrected chi connectivity index (χ1v) is 5.18. The summed E-state index contributed by atoms with van der Waals surface area (Å²) in [5.74, 6) is -0.935. The monoisotopic (exact) mass is 241 g/mol.